The molecule has 0 radical (unpaired) electrons. The molecule has 204 valence electrons. The molecule has 6 nitrogen and oxygen atoms in total. The molecule has 0 amide bonds. The number of rotatable bonds is 6. The van der Waals surface area contributed by atoms with Crippen LogP contribution >= 0.6 is 0 Å². The first-order valence-electron chi connectivity index (χ1n) is 12.9. The first kappa shape index (κ1) is 26.0. The number of alkyl halides is 2. The van der Waals surface area contributed by atoms with Crippen molar-refractivity contribution in [3.63, 3.8) is 0 Å². The highest BCUT2D eigenvalue weighted by atomic mass is 19.3. The van der Waals surface area contributed by atoms with Gasteiger partial charge in [0.05, 0.1) is 22.9 Å². The average Bonchev–Trinajstić information content (AvgIpc) is 3.72. The number of aldehydes is 1. The van der Waals surface area contributed by atoms with E-state index in [0.717, 1.165) is 11.8 Å². The Balaban J connectivity index is 1.56. The SMILES string of the molecule is C#Cc1c(F)ccc2cc(C)cc(-c3ncc4c(N5CCCC(F)(F)C5)nc(OCC5(C=O)CC5)nc4c3F)c12. The number of terminal acetylenes is 1. The lowest BCUT2D eigenvalue weighted by Gasteiger charge is -2.33. The molecule has 3 heterocycles. The van der Waals surface area contributed by atoms with E-state index < -0.39 is 29.5 Å². The van der Waals surface area contributed by atoms with Gasteiger partial charge in [0.1, 0.15) is 35.7 Å². The Kier molecular flexibility index (Phi) is 6.13. The van der Waals surface area contributed by atoms with Crippen LogP contribution < -0.4 is 9.64 Å². The maximum atomic E-state index is 16.4. The van der Waals surface area contributed by atoms with E-state index in [1.54, 1.807) is 12.1 Å². The third-order valence-corrected chi connectivity index (χ3v) is 7.58. The first-order valence-corrected chi connectivity index (χ1v) is 12.9. The van der Waals surface area contributed by atoms with Crippen LogP contribution in [0.1, 0.15) is 36.8 Å². The van der Waals surface area contributed by atoms with E-state index in [0.29, 0.717) is 23.6 Å². The maximum Gasteiger partial charge on any atom is 0.319 e. The van der Waals surface area contributed by atoms with E-state index in [2.05, 4.69) is 20.9 Å². The smallest absolute Gasteiger partial charge is 0.319 e. The van der Waals surface area contributed by atoms with E-state index in [1.807, 2.05) is 13.0 Å². The molecule has 2 fully saturated rings. The van der Waals surface area contributed by atoms with E-state index in [9.17, 15) is 18.0 Å². The molecule has 0 bridgehead atoms. The Morgan fingerprint density at radius 2 is 1.98 bits per heavy atom. The molecule has 0 unspecified atom stereocenters. The predicted octanol–water partition coefficient (Wildman–Crippen LogP) is 6.01. The number of aryl methyl sites for hydroxylation is 1. The second-order valence-corrected chi connectivity index (χ2v) is 10.6. The molecule has 40 heavy (non-hydrogen) atoms. The topological polar surface area (TPSA) is 68.2 Å². The van der Waals surface area contributed by atoms with Gasteiger partial charge in [-0.15, -0.1) is 6.42 Å². The van der Waals surface area contributed by atoms with Crippen LogP contribution in [-0.4, -0.2) is 46.9 Å². The summed E-state index contributed by atoms with van der Waals surface area (Å²) in [7, 11) is 0. The number of carbonyl (C=O) groups excluding carboxylic acids is 1. The number of halogens is 4. The van der Waals surface area contributed by atoms with Crippen molar-refractivity contribution in [3.8, 4) is 29.6 Å². The maximum absolute atomic E-state index is 16.4. The van der Waals surface area contributed by atoms with Crippen LogP contribution in [0.4, 0.5) is 23.4 Å². The minimum Gasteiger partial charge on any atom is -0.462 e. The molecular formula is C30H24F4N4O2. The number of hydrogen-bond donors (Lipinski definition) is 0. The molecule has 10 heteroatoms. The van der Waals surface area contributed by atoms with Gasteiger partial charge >= 0.3 is 6.01 Å². The highest BCUT2D eigenvalue weighted by molar-refractivity contribution is 6.02. The lowest BCUT2D eigenvalue weighted by molar-refractivity contribution is -0.113. The molecule has 4 aromatic rings. The van der Waals surface area contributed by atoms with Crippen LogP contribution in [0.2, 0.25) is 0 Å². The Hall–Kier alpha value is -4.26. The number of piperidine rings is 1. The Morgan fingerprint density at radius 1 is 1.18 bits per heavy atom. The number of anilines is 1. The molecule has 0 spiro atoms. The number of fused-ring (bicyclic) bond motifs is 2. The lowest BCUT2D eigenvalue weighted by Crippen LogP contribution is -2.43. The number of pyridine rings is 1. The van der Waals surface area contributed by atoms with Crippen molar-refractivity contribution in [3.05, 3.63) is 53.2 Å². The van der Waals surface area contributed by atoms with Crippen molar-refractivity contribution in [2.75, 3.05) is 24.6 Å². The molecule has 0 N–H and O–H groups in total. The Morgan fingerprint density at radius 3 is 2.67 bits per heavy atom. The molecule has 1 saturated heterocycles. The van der Waals surface area contributed by atoms with Crippen LogP contribution in [0.5, 0.6) is 6.01 Å². The molecule has 1 aliphatic heterocycles. The van der Waals surface area contributed by atoms with Crippen molar-refractivity contribution in [1.82, 2.24) is 15.0 Å². The van der Waals surface area contributed by atoms with Gasteiger partial charge in [-0.25, -0.2) is 17.6 Å². The van der Waals surface area contributed by atoms with Gasteiger partial charge in [0, 0.05) is 30.1 Å². The predicted molar refractivity (Wildman–Crippen MR) is 142 cm³/mol. The van der Waals surface area contributed by atoms with Crippen molar-refractivity contribution in [2.45, 2.75) is 38.5 Å². The summed E-state index contributed by atoms with van der Waals surface area (Å²) in [5.41, 5.74) is 0.0455. The number of benzene rings is 2. The highest BCUT2D eigenvalue weighted by Gasteiger charge is 2.44. The third-order valence-electron chi connectivity index (χ3n) is 7.58. The molecular weight excluding hydrogens is 524 g/mol. The van der Waals surface area contributed by atoms with E-state index in [-0.39, 0.29) is 65.5 Å². The van der Waals surface area contributed by atoms with E-state index in [1.165, 1.54) is 17.2 Å². The van der Waals surface area contributed by atoms with Gasteiger partial charge < -0.3 is 14.4 Å². The summed E-state index contributed by atoms with van der Waals surface area (Å²) in [4.78, 5) is 25.8. The number of carbonyl (C=O) groups is 1. The van der Waals surface area contributed by atoms with Crippen LogP contribution in [-0.2, 0) is 4.79 Å². The number of hydrogen-bond acceptors (Lipinski definition) is 6. The summed E-state index contributed by atoms with van der Waals surface area (Å²) in [6, 6.07) is 6.05. The van der Waals surface area contributed by atoms with Crippen LogP contribution in [0, 0.1) is 36.3 Å². The summed E-state index contributed by atoms with van der Waals surface area (Å²) in [5, 5.41) is 1.06. The van der Waals surface area contributed by atoms with Crippen LogP contribution in [0.3, 0.4) is 0 Å². The zero-order valence-corrected chi connectivity index (χ0v) is 21.6. The normalized spacial score (nSPS) is 17.6. The van der Waals surface area contributed by atoms with Crippen LogP contribution in [0.25, 0.3) is 32.9 Å². The molecule has 2 aromatic carbocycles. The van der Waals surface area contributed by atoms with Crippen molar-refractivity contribution in [2.24, 2.45) is 5.41 Å². The molecule has 2 aliphatic rings. The summed E-state index contributed by atoms with van der Waals surface area (Å²) in [6.45, 7) is 1.47. The fourth-order valence-electron chi connectivity index (χ4n) is 5.25. The molecule has 2 aromatic heterocycles. The van der Waals surface area contributed by atoms with Gasteiger partial charge in [0.15, 0.2) is 5.82 Å². The Bertz CT molecular complexity index is 1730. The zero-order chi connectivity index (χ0) is 28.2. The minimum atomic E-state index is -2.95. The second-order valence-electron chi connectivity index (χ2n) is 10.6. The molecule has 1 aliphatic carbocycles. The summed E-state index contributed by atoms with van der Waals surface area (Å²) in [6.07, 6.45) is 9.01. The van der Waals surface area contributed by atoms with Gasteiger partial charge in [0.25, 0.3) is 5.92 Å². The van der Waals surface area contributed by atoms with E-state index in [4.69, 9.17) is 11.2 Å². The number of ether oxygens (including phenoxy) is 1. The summed E-state index contributed by atoms with van der Waals surface area (Å²) in [5.74, 6) is -2.01. The highest BCUT2D eigenvalue weighted by Crippen LogP contribution is 2.44. The van der Waals surface area contributed by atoms with Gasteiger partial charge in [-0.1, -0.05) is 18.1 Å². The van der Waals surface area contributed by atoms with E-state index >= 15 is 4.39 Å². The van der Waals surface area contributed by atoms with Gasteiger partial charge in [-0.05, 0) is 49.3 Å². The molecule has 1 saturated carbocycles. The van der Waals surface area contributed by atoms with Gasteiger partial charge in [-0.2, -0.15) is 9.97 Å². The Labute approximate surface area is 227 Å². The fraction of sp³-hybridized carbons (Fsp3) is 0.333. The van der Waals surface area contributed by atoms with Crippen molar-refractivity contribution in [1.29, 1.82) is 0 Å². The largest absolute Gasteiger partial charge is 0.462 e. The standard InChI is InChI=1S/C30H24F4N4O2/c1-3-19-22(31)6-5-18-11-17(2)12-20(23(18)19)25-24(32)26-21(13-35-25)27(38-10-4-7-30(33,34)14-38)37-28(36-26)40-16-29(15-39)8-9-29/h1,5-6,11-13,15H,4,7-10,14,16H2,2H3. The molecule has 6 rings (SSSR count). The monoisotopic (exact) mass is 548 g/mol. The lowest BCUT2D eigenvalue weighted by atomic mass is 9.94. The average molecular weight is 549 g/mol. The van der Waals surface area contributed by atoms with Crippen LogP contribution in [0.15, 0.2) is 30.5 Å². The van der Waals surface area contributed by atoms with Gasteiger partial charge in [-0.3, -0.25) is 4.98 Å². The molecule has 0 atom stereocenters. The van der Waals surface area contributed by atoms with Crippen molar-refractivity contribution >= 4 is 33.8 Å². The number of nitrogens with zero attached hydrogens (tertiary/aromatic N) is 4. The second kappa shape index (κ2) is 9.44. The zero-order valence-electron chi connectivity index (χ0n) is 21.6. The first-order chi connectivity index (χ1) is 19.1. The van der Waals surface area contributed by atoms with Crippen molar-refractivity contribution < 1.29 is 27.1 Å². The summed E-state index contributed by atoms with van der Waals surface area (Å²) < 4.78 is 65.5. The minimum absolute atomic E-state index is 0.00943. The number of aromatic nitrogens is 3. The fourth-order valence-corrected chi connectivity index (χ4v) is 5.25. The third kappa shape index (κ3) is 4.49. The quantitative estimate of drug-likeness (QED) is 0.167. The summed E-state index contributed by atoms with van der Waals surface area (Å²) >= 11 is 0. The van der Waals surface area contributed by atoms with Gasteiger partial charge in [0.2, 0.25) is 0 Å².